The van der Waals surface area contributed by atoms with Gasteiger partial charge in [0.2, 0.25) is 5.91 Å². The van der Waals surface area contributed by atoms with Crippen molar-refractivity contribution in [2.75, 3.05) is 44.7 Å². The second-order valence-electron chi connectivity index (χ2n) is 9.81. The second kappa shape index (κ2) is 6.68. The van der Waals surface area contributed by atoms with E-state index in [1.54, 1.807) is 0 Å². The second-order valence-corrected chi connectivity index (χ2v) is 9.81. The molecule has 1 aliphatic carbocycles. The SMILES string of the molecule is Cc1nc2c(c(N3C[C@H]4CN(C5CCCN(C)C5=O)C[C@@]4(C)C3)n1)CCCC2. The first-order valence-corrected chi connectivity index (χ1v) is 11.0. The van der Waals surface area contributed by atoms with Crippen LogP contribution in [-0.2, 0) is 17.6 Å². The Hall–Kier alpha value is -1.69. The lowest BCUT2D eigenvalue weighted by Crippen LogP contribution is -2.51. The summed E-state index contributed by atoms with van der Waals surface area (Å²) in [7, 11) is 1.95. The minimum atomic E-state index is 0.101. The number of nitrogens with zero attached hydrogens (tertiary/aromatic N) is 5. The van der Waals surface area contributed by atoms with Gasteiger partial charge in [0.1, 0.15) is 11.6 Å². The number of amides is 1. The molecule has 4 heterocycles. The van der Waals surface area contributed by atoms with E-state index in [0.717, 1.165) is 64.2 Å². The van der Waals surface area contributed by atoms with Crippen molar-refractivity contribution >= 4 is 11.7 Å². The Balaban J connectivity index is 1.35. The number of rotatable bonds is 2. The predicted molar refractivity (Wildman–Crippen MR) is 109 cm³/mol. The molecule has 3 fully saturated rings. The topological polar surface area (TPSA) is 52.6 Å². The molecule has 152 valence electrons. The number of aromatic nitrogens is 2. The molecule has 0 bridgehead atoms. The smallest absolute Gasteiger partial charge is 0.239 e. The minimum Gasteiger partial charge on any atom is -0.355 e. The molecule has 6 nitrogen and oxygen atoms in total. The third kappa shape index (κ3) is 2.92. The molecule has 1 aromatic rings. The molecule has 5 rings (SSSR count). The van der Waals surface area contributed by atoms with Crippen molar-refractivity contribution in [2.45, 2.75) is 58.4 Å². The van der Waals surface area contributed by atoms with E-state index in [-0.39, 0.29) is 11.5 Å². The van der Waals surface area contributed by atoms with E-state index in [2.05, 4.69) is 16.7 Å². The first kappa shape index (κ1) is 18.3. The zero-order valence-electron chi connectivity index (χ0n) is 17.6. The number of carbonyl (C=O) groups is 1. The monoisotopic (exact) mass is 383 g/mol. The lowest BCUT2D eigenvalue weighted by atomic mass is 9.83. The van der Waals surface area contributed by atoms with E-state index >= 15 is 0 Å². The van der Waals surface area contributed by atoms with Gasteiger partial charge in [-0.15, -0.1) is 0 Å². The molecule has 28 heavy (non-hydrogen) atoms. The van der Waals surface area contributed by atoms with E-state index in [1.165, 1.54) is 29.9 Å². The van der Waals surface area contributed by atoms with Crippen molar-refractivity contribution in [3.05, 3.63) is 17.1 Å². The molecule has 4 aliphatic rings. The number of likely N-dealkylation sites (tertiary alicyclic amines) is 2. The molecule has 0 spiro atoms. The van der Waals surface area contributed by atoms with Crippen LogP contribution in [0.3, 0.4) is 0 Å². The van der Waals surface area contributed by atoms with Crippen LogP contribution >= 0.6 is 0 Å². The van der Waals surface area contributed by atoms with E-state index in [4.69, 9.17) is 9.97 Å². The van der Waals surface area contributed by atoms with Gasteiger partial charge in [0.25, 0.3) is 0 Å². The van der Waals surface area contributed by atoms with Crippen molar-refractivity contribution in [3.8, 4) is 0 Å². The summed E-state index contributed by atoms with van der Waals surface area (Å²) in [6.07, 6.45) is 6.88. The molecule has 3 atom stereocenters. The van der Waals surface area contributed by atoms with Gasteiger partial charge in [0, 0.05) is 56.4 Å². The highest BCUT2D eigenvalue weighted by Gasteiger charge is 2.52. The summed E-state index contributed by atoms with van der Waals surface area (Å²) in [6.45, 7) is 9.56. The fourth-order valence-corrected chi connectivity index (χ4v) is 6.09. The molecule has 1 aromatic heterocycles. The summed E-state index contributed by atoms with van der Waals surface area (Å²) in [4.78, 5) is 29.3. The van der Waals surface area contributed by atoms with Crippen LogP contribution in [0.2, 0.25) is 0 Å². The molecular weight excluding hydrogens is 350 g/mol. The summed E-state index contributed by atoms with van der Waals surface area (Å²) in [5.74, 6) is 3.06. The first-order valence-electron chi connectivity index (χ1n) is 11.0. The molecule has 1 amide bonds. The third-order valence-corrected chi connectivity index (χ3v) is 7.64. The van der Waals surface area contributed by atoms with Gasteiger partial charge in [-0.25, -0.2) is 9.97 Å². The van der Waals surface area contributed by atoms with Crippen LogP contribution in [0.5, 0.6) is 0 Å². The number of carbonyl (C=O) groups excluding carboxylic acids is 1. The molecule has 0 radical (unpaired) electrons. The van der Waals surface area contributed by atoms with Crippen molar-refractivity contribution in [1.82, 2.24) is 19.8 Å². The Morgan fingerprint density at radius 3 is 2.71 bits per heavy atom. The van der Waals surface area contributed by atoms with Crippen LogP contribution in [0.25, 0.3) is 0 Å². The summed E-state index contributed by atoms with van der Waals surface area (Å²) in [6, 6.07) is 0.101. The highest BCUT2D eigenvalue weighted by atomic mass is 16.2. The number of fused-ring (bicyclic) bond motifs is 2. The molecule has 3 saturated heterocycles. The molecule has 0 saturated carbocycles. The molecule has 0 N–H and O–H groups in total. The Morgan fingerprint density at radius 1 is 1.07 bits per heavy atom. The molecule has 1 unspecified atom stereocenters. The lowest BCUT2D eigenvalue weighted by molar-refractivity contribution is -0.138. The van der Waals surface area contributed by atoms with Crippen LogP contribution in [0.1, 0.15) is 49.7 Å². The molecule has 6 heteroatoms. The van der Waals surface area contributed by atoms with E-state index in [1.807, 2.05) is 18.9 Å². The average molecular weight is 384 g/mol. The van der Waals surface area contributed by atoms with Crippen molar-refractivity contribution in [3.63, 3.8) is 0 Å². The first-order chi connectivity index (χ1) is 13.4. The summed E-state index contributed by atoms with van der Waals surface area (Å²) in [5.41, 5.74) is 2.94. The number of anilines is 1. The zero-order chi connectivity index (χ0) is 19.5. The quantitative estimate of drug-likeness (QED) is 0.782. The maximum absolute atomic E-state index is 12.7. The van der Waals surface area contributed by atoms with E-state index < -0.39 is 0 Å². The predicted octanol–water partition coefficient (Wildman–Crippen LogP) is 2.04. The number of aryl methyl sites for hydroxylation is 2. The Morgan fingerprint density at radius 2 is 1.89 bits per heavy atom. The summed E-state index contributed by atoms with van der Waals surface area (Å²) < 4.78 is 0. The van der Waals surface area contributed by atoms with Crippen LogP contribution < -0.4 is 4.90 Å². The third-order valence-electron chi connectivity index (χ3n) is 7.64. The van der Waals surface area contributed by atoms with Gasteiger partial charge in [0.15, 0.2) is 0 Å². The van der Waals surface area contributed by atoms with Gasteiger partial charge in [0.05, 0.1) is 6.04 Å². The van der Waals surface area contributed by atoms with Crippen molar-refractivity contribution in [2.24, 2.45) is 11.3 Å². The summed E-state index contributed by atoms with van der Waals surface area (Å²) >= 11 is 0. The minimum absolute atomic E-state index is 0.101. The highest BCUT2D eigenvalue weighted by molar-refractivity contribution is 5.82. The number of likely N-dealkylation sites (N-methyl/N-ethyl adjacent to an activating group) is 1. The van der Waals surface area contributed by atoms with Crippen LogP contribution in [0.4, 0.5) is 5.82 Å². The number of hydrogen-bond donors (Lipinski definition) is 0. The Bertz CT molecular complexity index is 795. The number of hydrogen-bond acceptors (Lipinski definition) is 5. The molecule has 3 aliphatic heterocycles. The van der Waals surface area contributed by atoms with E-state index in [0.29, 0.717) is 11.8 Å². The van der Waals surface area contributed by atoms with Crippen LogP contribution in [0, 0.1) is 18.3 Å². The van der Waals surface area contributed by atoms with Gasteiger partial charge in [-0.1, -0.05) is 6.92 Å². The van der Waals surface area contributed by atoms with Crippen molar-refractivity contribution < 1.29 is 4.79 Å². The Labute approximate surface area is 168 Å². The molecule has 0 aromatic carbocycles. The van der Waals surface area contributed by atoms with Gasteiger partial charge in [-0.3, -0.25) is 9.69 Å². The van der Waals surface area contributed by atoms with Crippen LogP contribution in [0.15, 0.2) is 0 Å². The lowest BCUT2D eigenvalue weighted by Gasteiger charge is -2.36. The van der Waals surface area contributed by atoms with E-state index in [9.17, 15) is 4.79 Å². The fourth-order valence-electron chi connectivity index (χ4n) is 6.09. The maximum Gasteiger partial charge on any atom is 0.239 e. The van der Waals surface area contributed by atoms with Crippen LogP contribution in [-0.4, -0.2) is 71.5 Å². The van der Waals surface area contributed by atoms with Gasteiger partial charge in [-0.05, 0) is 51.4 Å². The fraction of sp³-hybridized carbons (Fsp3) is 0.773. The number of piperidine rings is 1. The standard InChI is InChI=1S/C22H33N5O/c1-15-23-18-8-5-4-7-17(18)20(24-15)27-12-16-11-26(13-22(16,2)14-27)19-9-6-10-25(3)21(19)28/h16,19H,4-14H2,1-3H3/t16-,19?,22+/m1/s1. The summed E-state index contributed by atoms with van der Waals surface area (Å²) in [5, 5.41) is 0. The maximum atomic E-state index is 12.7. The largest absolute Gasteiger partial charge is 0.355 e. The highest BCUT2D eigenvalue weighted by Crippen LogP contribution is 2.45. The average Bonchev–Trinajstić information content (AvgIpc) is 3.15. The zero-order valence-corrected chi connectivity index (χ0v) is 17.6. The Kier molecular flexibility index (Phi) is 4.38. The van der Waals surface area contributed by atoms with Gasteiger partial charge < -0.3 is 9.80 Å². The van der Waals surface area contributed by atoms with Crippen molar-refractivity contribution in [1.29, 1.82) is 0 Å². The normalized spacial score (nSPS) is 33.3. The molecular formula is C22H33N5O. The van der Waals surface area contributed by atoms with Gasteiger partial charge >= 0.3 is 0 Å². The van der Waals surface area contributed by atoms with Gasteiger partial charge in [-0.2, -0.15) is 0 Å².